The highest BCUT2D eigenvalue weighted by Gasteiger charge is 2.17. The molecule has 1 unspecified atom stereocenters. The molecular weight excluding hydrogens is 264 g/mol. The standard InChI is InChI=1S/C13H20N2O5/c1-3-19-8-11(16)9-20-13-5-4-10(7-14-2)6-12(13)15(17)18/h4-6,11,14,16H,3,7-9H2,1-2H3. The number of nitro groups is 1. The molecule has 0 aliphatic heterocycles. The Kier molecular flexibility index (Phi) is 6.92. The van der Waals surface area contributed by atoms with E-state index in [4.69, 9.17) is 9.47 Å². The summed E-state index contributed by atoms with van der Waals surface area (Å²) >= 11 is 0. The summed E-state index contributed by atoms with van der Waals surface area (Å²) in [5.41, 5.74) is 0.683. The van der Waals surface area contributed by atoms with Crippen molar-refractivity contribution in [3.8, 4) is 5.75 Å². The third-order valence-corrected chi connectivity index (χ3v) is 2.55. The van der Waals surface area contributed by atoms with Gasteiger partial charge in [0.1, 0.15) is 12.7 Å². The molecule has 0 radical (unpaired) electrons. The zero-order chi connectivity index (χ0) is 15.0. The van der Waals surface area contributed by atoms with E-state index in [1.54, 1.807) is 13.1 Å². The molecule has 0 saturated carbocycles. The molecule has 0 aliphatic rings. The maximum absolute atomic E-state index is 11.0. The van der Waals surface area contributed by atoms with Gasteiger partial charge < -0.3 is 19.9 Å². The molecule has 7 heteroatoms. The lowest BCUT2D eigenvalue weighted by Crippen LogP contribution is -2.23. The van der Waals surface area contributed by atoms with Crippen LogP contribution in [0.5, 0.6) is 5.75 Å². The second kappa shape index (κ2) is 8.47. The minimum atomic E-state index is -0.813. The molecule has 0 spiro atoms. The Bertz CT molecular complexity index is 439. The van der Waals surface area contributed by atoms with Crippen LogP contribution in [0, 0.1) is 10.1 Å². The molecule has 112 valence electrons. The maximum atomic E-state index is 11.0. The number of hydrogen-bond donors (Lipinski definition) is 2. The molecule has 1 atom stereocenters. The van der Waals surface area contributed by atoms with Crippen molar-refractivity contribution >= 4 is 5.69 Å². The van der Waals surface area contributed by atoms with Gasteiger partial charge in [-0.25, -0.2) is 0 Å². The van der Waals surface area contributed by atoms with Crippen molar-refractivity contribution in [2.24, 2.45) is 0 Å². The molecule has 1 aromatic rings. The average Bonchev–Trinajstić information content (AvgIpc) is 2.43. The molecule has 1 rings (SSSR count). The zero-order valence-corrected chi connectivity index (χ0v) is 11.7. The van der Waals surface area contributed by atoms with Crippen LogP contribution in [-0.2, 0) is 11.3 Å². The number of nitrogens with zero attached hydrogens (tertiary/aromatic N) is 1. The minimum absolute atomic E-state index is 0.0494. The Morgan fingerprint density at radius 3 is 2.80 bits per heavy atom. The lowest BCUT2D eigenvalue weighted by molar-refractivity contribution is -0.386. The second-order valence-corrected chi connectivity index (χ2v) is 4.21. The normalized spacial score (nSPS) is 12.2. The van der Waals surface area contributed by atoms with Crippen molar-refractivity contribution in [3.63, 3.8) is 0 Å². The summed E-state index contributed by atoms with van der Waals surface area (Å²) in [7, 11) is 1.76. The first kappa shape index (κ1) is 16.4. The Balaban J connectivity index is 2.71. The van der Waals surface area contributed by atoms with E-state index in [2.05, 4.69) is 5.32 Å². The van der Waals surface area contributed by atoms with E-state index in [0.717, 1.165) is 5.56 Å². The number of aliphatic hydroxyl groups is 1. The van der Waals surface area contributed by atoms with Crippen LogP contribution in [0.1, 0.15) is 12.5 Å². The first-order chi connectivity index (χ1) is 9.58. The first-order valence-electron chi connectivity index (χ1n) is 6.39. The van der Waals surface area contributed by atoms with E-state index in [1.165, 1.54) is 12.1 Å². The topological polar surface area (TPSA) is 93.9 Å². The molecule has 0 aromatic heterocycles. The molecule has 2 N–H and O–H groups in total. The van der Waals surface area contributed by atoms with E-state index in [0.29, 0.717) is 13.2 Å². The van der Waals surface area contributed by atoms with Gasteiger partial charge in [-0.05, 0) is 25.6 Å². The number of aliphatic hydroxyl groups excluding tert-OH is 1. The summed E-state index contributed by atoms with van der Waals surface area (Å²) in [4.78, 5) is 10.5. The van der Waals surface area contributed by atoms with Crippen molar-refractivity contribution in [1.29, 1.82) is 0 Å². The van der Waals surface area contributed by atoms with E-state index in [-0.39, 0.29) is 24.7 Å². The lowest BCUT2D eigenvalue weighted by Gasteiger charge is -2.12. The van der Waals surface area contributed by atoms with Gasteiger partial charge in [0, 0.05) is 19.2 Å². The number of rotatable bonds is 9. The van der Waals surface area contributed by atoms with Gasteiger partial charge in [0.2, 0.25) is 0 Å². The third kappa shape index (κ3) is 5.12. The molecule has 0 fully saturated rings. The van der Waals surface area contributed by atoms with Crippen LogP contribution in [0.2, 0.25) is 0 Å². The first-order valence-corrected chi connectivity index (χ1v) is 6.39. The van der Waals surface area contributed by atoms with Crippen molar-refractivity contribution in [2.45, 2.75) is 19.6 Å². The van der Waals surface area contributed by atoms with Gasteiger partial charge in [0.05, 0.1) is 11.5 Å². The SMILES string of the molecule is CCOCC(O)COc1ccc(CNC)cc1[N+](=O)[O-]. The average molecular weight is 284 g/mol. The summed E-state index contributed by atoms with van der Waals surface area (Å²) in [6, 6.07) is 4.74. The van der Waals surface area contributed by atoms with Gasteiger partial charge in [-0.2, -0.15) is 0 Å². The van der Waals surface area contributed by atoms with Gasteiger partial charge in [-0.3, -0.25) is 10.1 Å². The molecule has 0 saturated heterocycles. The summed E-state index contributed by atoms with van der Waals surface area (Å²) in [6.45, 7) is 2.94. The fourth-order valence-corrected chi connectivity index (χ4v) is 1.63. The highest BCUT2D eigenvalue weighted by Crippen LogP contribution is 2.28. The molecular formula is C13H20N2O5. The number of nitrogens with one attached hydrogen (secondary N) is 1. The smallest absolute Gasteiger partial charge is 0.311 e. The van der Waals surface area contributed by atoms with Crippen molar-refractivity contribution in [2.75, 3.05) is 26.9 Å². The molecule has 0 aliphatic carbocycles. The Labute approximate surface area is 117 Å². The van der Waals surface area contributed by atoms with Crippen LogP contribution in [0.3, 0.4) is 0 Å². The summed E-state index contributed by atoms with van der Waals surface area (Å²) < 4.78 is 10.3. The highest BCUT2D eigenvalue weighted by molar-refractivity contribution is 5.48. The number of nitro benzene ring substituents is 1. The van der Waals surface area contributed by atoms with Gasteiger partial charge >= 0.3 is 5.69 Å². The van der Waals surface area contributed by atoms with Gasteiger partial charge in [0.25, 0.3) is 0 Å². The molecule has 0 heterocycles. The van der Waals surface area contributed by atoms with E-state index < -0.39 is 11.0 Å². The maximum Gasteiger partial charge on any atom is 0.311 e. The molecule has 20 heavy (non-hydrogen) atoms. The predicted octanol–water partition coefficient (Wildman–Crippen LogP) is 1.09. The number of hydrogen-bond acceptors (Lipinski definition) is 6. The minimum Gasteiger partial charge on any atom is -0.484 e. The second-order valence-electron chi connectivity index (χ2n) is 4.21. The van der Waals surface area contributed by atoms with E-state index >= 15 is 0 Å². The highest BCUT2D eigenvalue weighted by atomic mass is 16.6. The quantitative estimate of drug-likeness (QED) is 0.521. The molecule has 0 bridgehead atoms. The fraction of sp³-hybridized carbons (Fsp3) is 0.538. The third-order valence-electron chi connectivity index (χ3n) is 2.55. The Morgan fingerprint density at radius 1 is 1.45 bits per heavy atom. The van der Waals surface area contributed by atoms with Crippen molar-refractivity contribution < 1.29 is 19.5 Å². The number of ether oxygens (including phenoxy) is 2. The van der Waals surface area contributed by atoms with Crippen molar-refractivity contribution in [3.05, 3.63) is 33.9 Å². The molecule has 0 amide bonds. The molecule has 7 nitrogen and oxygen atoms in total. The lowest BCUT2D eigenvalue weighted by atomic mass is 10.2. The zero-order valence-electron chi connectivity index (χ0n) is 11.7. The largest absolute Gasteiger partial charge is 0.484 e. The Morgan fingerprint density at radius 2 is 2.20 bits per heavy atom. The van der Waals surface area contributed by atoms with Crippen LogP contribution in [0.15, 0.2) is 18.2 Å². The molecule has 1 aromatic carbocycles. The number of benzene rings is 1. The summed E-state index contributed by atoms with van der Waals surface area (Å²) in [5.74, 6) is 0.144. The predicted molar refractivity (Wildman–Crippen MR) is 73.9 cm³/mol. The van der Waals surface area contributed by atoms with Gasteiger partial charge in [-0.1, -0.05) is 6.07 Å². The van der Waals surface area contributed by atoms with Crippen LogP contribution < -0.4 is 10.1 Å². The van der Waals surface area contributed by atoms with Gasteiger partial charge in [-0.15, -0.1) is 0 Å². The monoisotopic (exact) mass is 284 g/mol. The van der Waals surface area contributed by atoms with Crippen LogP contribution in [-0.4, -0.2) is 43.0 Å². The van der Waals surface area contributed by atoms with Crippen molar-refractivity contribution in [1.82, 2.24) is 5.32 Å². The van der Waals surface area contributed by atoms with E-state index in [1.807, 2.05) is 6.92 Å². The van der Waals surface area contributed by atoms with Crippen LogP contribution in [0.4, 0.5) is 5.69 Å². The van der Waals surface area contributed by atoms with Crippen LogP contribution in [0.25, 0.3) is 0 Å². The van der Waals surface area contributed by atoms with Crippen LogP contribution >= 0.6 is 0 Å². The summed E-state index contributed by atoms with van der Waals surface area (Å²) in [5, 5.41) is 23.5. The van der Waals surface area contributed by atoms with E-state index in [9.17, 15) is 15.2 Å². The fourth-order valence-electron chi connectivity index (χ4n) is 1.63. The van der Waals surface area contributed by atoms with Gasteiger partial charge in [0.15, 0.2) is 5.75 Å². The Hall–Kier alpha value is -1.70. The summed E-state index contributed by atoms with van der Waals surface area (Å²) in [6.07, 6.45) is -0.813.